The smallest absolute Gasteiger partial charge is 0.423 e. The number of benzene rings is 2. The van der Waals surface area contributed by atoms with Crippen LogP contribution in [0.2, 0.25) is 0 Å². The van der Waals surface area contributed by atoms with E-state index in [0.717, 1.165) is 10.9 Å². The largest absolute Gasteiger partial charge is 0.488 e. The summed E-state index contributed by atoms with van der Waals surface area (Å²) in [5, 5.41) is 23.2. The van der Waals surface area contributed by atoms with Gasteiger partial charge < -0.3 is 31.4 Å². The van der Waals surface area contributed by atoms with Gasteiger partial charge in [-0.2, -0.15) is 0 Å². The maximum atomic E-state index is 12.0. The molecule has 0 fully saturated rings. The molecule has 0 saturated heterocycles. The normalized spacial score (nSPS) is 10.9. The third-order valence-electron chi connectivity index (χ3n) is 5.28. The van der Waals surface area contributed by atoms with Crippen molar-refractivity contribution in [1.82, 2.24) is 14.5 Å². The van der Waals surface area contributed by atoms with Crippen LogP contribution < -0.4 is 22.2 Å². The van der Waals surface area contributed by atoms with Crippen molar-refractivity contribution < 1.29 is 19.6 Å². The zero-order valence-electron chi connectivity index (χ0n) is 17.7. The molecule has 166 valence electrons. The summed E-state index contributed by atoms with van der Waals surface area (Å²) in [5.74, 6) is -0.694. The van der Waals surface area contributed by atoms with Gasteiger partial charge in [0.05, 0.1) is 11.3 Å². The van der Waals surface area contributed by atoms with E-state index >= 15 is 0 Å². The van der Waals surface area contributed by atoms with Crippen LogP contribution in [0.3, 0.4) is 0 Å². The lowest BCUT2D eigenvalue weighted by Gasteiger charge is -2.12. The number of anilines is 1. The van der Waals surface area contributed by atoms with E-state index < -0.39 is 18.9 Å². The summed E-state index contributed by atoms with van der Waals surface area (Å²) < 4.78 is 1.78. The molecule has 0 aliphatic heterocycles. The van der Waals surface area contributed by atoms with Crippen molar-refractivity contribution in [2.75, 3.05) is 5.32 Å². The molecule has 7 N–H and O–H groups in total. The van der Waals surface area contributed by atoms with Gasteiger partial charge >= 0.3 is 7.12 Å². The Kier molecular flexibility index (Phi) is 5.82. The van der Waals surface area contributed by atoms with Crippen molar-refractivity contribution in [1.29, 1.82) is 0 Å². The van der Waals surface area contributed by atoms with Crippen molar-refractivity contribution in [3.8, 4) is 11.5 Å². The molecule has 0 aliphatic rings. The molecule has 4 aromatic rings. The number of amides is 2. The highest BCUT2D eigenvalue weighted by Crippen LogP contribution is 2.31. The van der Waals surface area contributed by atoms with Gasteiger partial charge in [-0.05, 0) is 17.1 Å². The van der Waals surface area contributed by atoms with Crippen molar-refractivity contribution in [3.05, 3.63) is 71.5 Å². The van der Waals surface area contributed by atoms with Crippen LogP contribution in [0.1, 0.15) is 26.3 Å². The number of rotatable bonds is 7. The number of aromatic nitrogens is 3. The molecule has 2 aromatic carbocycles. The lowest BCUT2D eigenvalue weighted by Crippen LogP contribution is -2.30. The minimum absolute atomic E-state index is 0.105. The first-order valence-electron chi connectivity index (χ1n) is 10.00. The van der Waals surface area contributed by atoms with E-state index in [0.29, 0.717) is 27.9 Å². The number of carbonyl (C=O) groups excluding carboxylic acids is 2. The summed E-state index contributed by atoms with van der Waals surface area (Å²) in [6.07, 6.45) is 3.12. The second kappa shape index (κ2) is 8.73. The Hall–Kier alpha value is -4.22. The quantitative estimate of drug-likeness (QED) is 0.252. The number of carbonyl (C=O) groups is 2. The molecule has 4 rings (SSSR count). The summed E-state index contributed by atoms with van der Waals surface area (Å²) >= 11 is 0. The van der Waals surface area contributed by atoms with Crippen LogP contribution in [0.4, 0.5) is 5.82 Å². The summed E-state index contributed by atoms with van der Waals surface area (Å²) in [7, 11) is 0.206. The Bertz CT molecular complexity index is 1380. The Morgan fingerprint density at radius 2 is 1.79 bits per heavy atom. The number of primary amides is 2. The van der Waals surface area contributed by atoms with E-state index in [1.54, 1.807) is 54.2 Å². The second-order valence-electron chi connectivity index (χ2n) is 7.51. The first kappa shape index (κ1) is 22.0. The fourth-order valence-corrected chi connectivity index (χ4v) is 3.71. The van der Waals surface area contributed by atoms with Crippen LogP contribution in [0.25, 0.3) is 22.3 Å². The van der Waals surface area contributed by atoms with Crippen LogP contribution in [0, 0.1) is 0 Å². The van der Waals surface area contributed by atoms with Crippen LogP contribution in [-0.2, 0) is 13.6 Å². The summed E-state index contributed by atoms with van der Waals surface area (Å²) in [5.41, 5.74) is 13.2. The number of aryl methyl sites for hydroxylation is 1. The van der Waals surface area contributed by atoms with E-state index in [2.05, 4.69) is 15.3 Å². The molecule has 33 heavy (non-hydrogen) atoms. The lowest BCUT2D eigenvalue weighted by atomic mass is 9.80. The van der Waals surface area contributed by atoms with Gasteiger partial charge in [-0.3, -0.25) is 9.59 Å². The molecule has 10 nitrogen and oxygen atoms in total. The van der Waals surface area contributed by atoms with Gasteiger partial charge in [0.15, 0.2) is 5.82 Å². The first-order valence-corrected chi connectivity index (χ1v) is 10.00. The topological polar surface area (TPSA) is 169 Å². The zero-order chi connectivity index (χ0) is 23.7. The van der Waals surface area contributed by atoms with Gasteiger partial charge in [-0.1, -0.05) is 36.4 Å². The molecule has 0 radical (unpaired) electrons. The molecule has 2 amide bonds. The van der Waals surface area contributed by atoms with E-state index in [9.17, 15) is 19.6 Å². The van der Waals surface area contributed by atoms with Gasteiger partial charge in [0.25, 0.3) is 5.91 Å². The van der Waals surface area contributed by atoms with Crippen molar-refractivity contribution >= 4 is 41.0 Å². The standard InChI is InChI=1S/C22H21BN6O4/c1-29-11-17-14(6-3-7-15(17)19(24)30)18(29)22-27-10-16(20(25)31)21(28-22)26-9-12-4-2-5-13(8-12)23(32)33/h2-8,10-11,32-33H,9H2,1H3,(H2,24,30)(H2,25,31)(H,26,27,28). The van der Waals surface area contributed by atoms with E-state index in [1.807, 2.05) is 6.07 Å². The molecular weight excluding hydrogens is 423 g/mol. The van der Waals surface area contributed by atoms with Crippen molar-refractivity contribution in [3.63, 3.8) is 0 Å². The highest BCUT2D eigenvalue weighted by molar-refractivity contribution is 6.58. The van der Waals surface area contributed by atoms with Crippen molar-refractivity contribution in [2.24, 2.45) is 18.5 Å². The number of fused-ring (bicyclic) bond motifs is 1. The Balaban J connectivity index is 1.75. The van der Waals surface area contributed by atoms with Crippen LogP contribution in [0.5, 0.6) is 0 Å². The SMILES string of the molecule is Cn1cc2c(C(N)=O)cccc2c1-c1ncc(C(N)=O)c(NCc2cccc(B(O)O)c2)n1. The molecule has 2 heterocycles. The summed E-state index contributed by atoms with van der Waals surface area (Å²) in [4.78, 5) is 32.6. The number of nitrogens with zero attached hydrogens (tertiary/aromatic N) is 3. The van der Waals surface area contributed by atoms with E-state index in [1.165, 1.54) is 6.20 Å². The van der Waals surface area contributed by atoms with E-state index in [-0.39, 0.29) is 17.9 Å². The first-order chi connectivity index (χ1) is 15.8. The zero-order valence-corrected chi connectivity index (χ0v) is 17.7. The molecule has 2 aromatic heterocycles. The van der Waals surface area contributed by atoms with Crippen LogP contribution in [0.15, 0.2) is 54.9 Å². The Morgan fingerprint density at radius 1 is 1.06 bits per heavy atom. The molecular formula is C22H21BN6O4. The molecule has 0 saturated carbocycles. The number of hydrogen-bond donors (Lipinski definition) is 5. The Morgan fingerprint density at radius 3 is 2.48 bits per heavy atom. The molecule has 11 heteroatoms. The highest BCUT2D eigenvalue weighted by atomic mass is 16.4. The van der Waals surface area contributed by atoms with Gasteiger partial charge in [-0.25, -0.2) is 9.97 Å². The average molecular weight is 444 g/mol. The average Bonchev–Trinajstić information content (AvgIpc) is 3.13. The summed E-state index contributed by atoms with van der Waals surface area (Å²) in [6.45, 7) is 0.247. The third-order valence-corrected chi connectivity index (χ3v) is 5.28. The fraction of sp³-hybridized carbons (Fsp3) is 0.0909. The van der Waals surface area contributed by atoms with Gasteiger partial charge in [0.2, 0.25) is 5.91 Å². The maximum absolute atomic E-state index is 12.0. The van der Waals surface area contributed by atoms with Crippen molar-refractivity contribution in [2.45, 2.75) is 6.54 Å². The minimum Gasteiger partial charge on any atom is -0.423 e. The molecule has 0 aliphatic carbocycles. The third kappa shape index (κ3) is 4.27. The van der Waals surface area contributed by atoms with E-state index in [4.69, 9.17) is 11.5 Å². The monoisotopic (exact) mass is 444 g/mol. The molecule has 0 bridgehead atoms. The van der Waals surface area contributed by atoms with Gasteiger partial charge in [-0.15, -0.1) is 0 Å². The van der Waals surface area contributed by atoms with Gasteiger partial charge in [0, 0.05) is 42.3 Å². The molecule has 0 atom stereocenters. The highest BCUT2D eigenvalue weighted by Gasteiger charge is 2.19. The predicted octanol–water partition coefficient (Wildman–Crippen LogP) is 0.125. The number of nitrogens with two attached hydrogens (primary N) is 2. The number of hydrogen-bond acceptors (Lipinski definition) is 7. The van der Waals surface area contributed by atoms with Crippen LogP contribution >= 0.6 is 0 Å². The van der Waals surface area contributed by atoms with Crippen LogP contribution in [-0.4, -0.2) is 43.5 Å². The lowest BCUT2D eigenvalue weighted by molar-refractivity contribution is 0.0992. The minimum atomic E-state index is -1.59. The number of nitrogens with one attached hydrogen (secondary N) is 1. The molecule has 0 spiro atoms. The Labute approximate surface area is 189 Å². The van der Waals surface area contributed by atoms with Gasteiger partial charge in [0.1, 0.15) is 5.82 Å². The summed E-state index contributed by atoms with van der Waals surface area (Å²) in [6, 6.07) is 11.9. The predicted molar refractivity (Wildman–Crippen MR) is 125 cm³/mol. The molecule has 0 unspecified atom stereocenters. The maximum Gasteiger partial charge on any atom is 0.488 e. The fourth-order valence-electron chi connectivity index (χ4n) is 3.71. The second-order valence-corrected chi connectivity index (χ2v) is 7.51.